The van der Waals surface area contributed by atoms with Gasteiger partial charge in [-0.3, -0.25) is 9.59 Å². The zero-order valence-corrected chi connectivity index (χ0v) is 11.7. The molecule has 1 unspecified atom stereocenters. The van der Waals surface area contributed by atoms with Crippen LogP contribution in [0.15, 0.2) is 0 Å². The van der Waals surface area contributed by atoms with Crippen molar-refractivity contribution in [2.24, 2.45) is 17.8 Å². The van der Waals surface area contributed by atoms with Crippen molar-refractivity contribution in [3.8, 4) is 0 Å². The lowest BCUT2D eigenvalue weighted by Crippen LogP contribution is -2.30. The molecule has 19 heavy (non-hydrogen) atoms. The van der Waals surface area contributed by atoms with Crippen molar-refractivity contribution in [2.75, 3.05) is 20.2 Å². The van der Waals surface area contributed by atoms with E-state index in [0.717, 1.165) is 12.8 Å². The fourth-order valence-electron chi connectivity index (χ4n) is 2.90. The first-order valence-corrected chi connectivity index (χ1v) is 7.06. The number of hydrogen-bond acceptors (Lipinski definition) is 3. The van der Waals surface area contributed by atoms with Crippen LogP contribution in [0.25, 0.3) is 0 Å². The molecule has 1 aliphatic heterocycles. The Hall–Kier alpha value is -1.10. The summed E-state index contributed by atoms with van der Waals surface area (Å²) < 4.78 is 5.13. The average Bonchev–Trinajstić information content (AvgIpc) is 3.13. The molecule has 5 heteroatoms. The molecule has 2 rings (SSSR count). The van der Waals surface area contributed by atoms with Crippen LogP contribution >= 0.6 is 0 Å². The van der Waals surface area contributed by atoms with Gasteiger partial charge in [-0.25, -0.2) is 0 Å². The molecular formula is C14H23NO4. The predicted molar refractivity (Wildman–Crippen MR) is 69.6 cm³/mol. The third kappa shape index (κ3) is 3.47. The molecule has 0 aromatic carbocycles. The van der Waals surface area contributed by atoms with E-state index in [1.807, 2.05) is 6.92 Å². The number of aliphatic carboxylic acids is 1. The van der Waals surface area contributed by atoms with Gasteiger partial charge in [-0.1, -0.05) is 0 Å². The summed E-state index contributed by atoms with van der Waals surface area (Å²) in [7, 11) is 1.63. The van der Waals surface area contributed by atoms with Gasteiger partial charge in [0, 0.05) is 26.6 Å². The molecule has 1 aliphatic carbocycles. The lowest BCUT2D eigenvalue weighted by atomic mass is 9.92. The topological polar surface area (TPSA) is 66.8 Å². The first-order chi connectivity index (χ1) is 9.02. The first kappa shape index (κ1) is 14.3. The number of carbonyl (C=O) groups is 2. The van der Waals surface area contributed by atoms with Crippen LogP contribution < -0.4 is 0 Å². The van der Waals surface area contributed by atoms with E-state index in [-0.39, 0.29) is 23.8 Å². The molecule has 1 saturated carbocycles. The molecule has 1 amide bonds. The summed E-state index contributed by atoms with van der Waals surface area (Å²) in [4.78, 5) is 25.1. The number of amides is 1. The number of methoxy groups -OCH3 is 1. The highest BCUT2D eigenvalue weighted by Crippen LogP contribution is 2.44. The Labute approximate surface area is 113 Å². The quantitative estimate of drug-likeness (QED) is 0.791. The number of hydrogen-bond donors (Lipinski definition) is 1. The lowest BCUT2D eigenvalue weighted by molar-refractivity contribution is -0.142. The minimum atomic E-state index is -0.752. The second-order valence-corrected chi connectivity index (χ2v) is 5.83. The Morgan fingerprint density at radius 3 is 2.58 bits per heavy atom. The highest BCUT2D eigenvalue weighted by molar-refractivity contribution is 5.79. The van der Waals surface area contributed by atoms with E-state index in [1.54, 1.807) is 12.0 Å². The first-order valence-electron chi connectivity index (χ1n) is 7.06. The van der Waals surface area contributed by atoms with Crippen molar-refractivity contribution in [1.82, 2.24) is 4.90 Å². The molecule has 1 heterocycles. The summed E-state index contributed by atoms with van der Waals surface area (Å²) in [6.07, 6.45) is 3.45. The van der Waals surface area contributed by atoms with Gasteiger partial charge in [-0.05, 0) is 38.0 Å². The van der Waals surface area contributed by atoms with Gasteiger partial charge in [0.25, 0.3) is 0 Å². The molecule has 0 spiro atoms. The van der Waals surface area contributed by atoms with Gasteiger partial charge in [0.05, 0.1) is 12.0 Å². The molecule has 0 bridgehead atoms. The Morgan fingerprint density at radius 2 is 2.05 bits per heavy atom. The van der Waals surface area contributed by atoms with Crippen molar-refractivity contribution in [2.45, 2.75) is 38.7 Å². The Bertz CT molecular complexity index is 353. The van der Waals surface area contributed by atoms with Crippen LogP contribution in [-0.4, -0.2) is 48.2 Å². The molecule has 3 atom stereocenters. The summed E-state index contributed by atoms with van der Waals surface area (Å²) in [5.74, 6) is -0.356. The Morgan fingerprint density at radius 1 is 1.37 bits per heavy atom. The third-order valence-corrected chi connectivity index (χ3v) is 4.43. The fraction of sp³-hybridized carbons (Fsp3) is 0.857. The standard InChI is InChI=1S/C14H23NO4/c1-9(19-2)3-6-13(16)15-7-11(10-4-5-10)12(8-15)14(17)18/h9-12H,3-8H2,1-2H3,(H,17,18)/t9?,11-,12+/m1/s1. The van der Waals surface area contributed by atoms with Gasteiger partial charge in [0.15, 0.2) is 0 Å². The fourth-order valence-corrected chi connectivity index (χ4v) is 2.90. The van der Waals surface area contributed by atoms with E-state index in [4.69, 9.17) is 4.74 Å². The van der Waals surface area contributed by atoms with Crippen molar-refractivity contribution < 1.29 is 19.4 Å². The zero-order valence-electron chi connectivity index (χ0n) is 11.7. The Kier molecular flexibility index (Phi) is 4.45. The second kappa shape index (κ2) is 5.90. The molecule has 1 N–H and O–H groups in total. The summed E-state index contributed by atoms with van der Waals surface area (Å²) in [6, 6.07) is 0. The maximum Gasteiger partial charge on any atom is 0.308 e. The summed E-state index contributed by atoms with van der Waals surface area (Å²) >= 11 is 0. The smallest absolute Gasteiger partial charge is 0.308 e. The number of nitrogens with zero attached hydrogens (tertiary/aromatic N) is 1. The highest BCUT2D eigenvalue weighted by Gasteiger charge is 2.46. The van der Waals surface area contributed by atoms with E-state index < -0.39 is 5.97 Å². The van der Waals surface area contributed by atoms with E-state index >= 15 is 0 Å². The second-order valence-electron chi connectivity index (χ2n) is 5.83. The van der Waals surface area contributed by atoms with Gasteiger partial charge in [-0.2, -0.15) is 0 Å². The zero-order chi connectivity index (χ0) is 14.0. The van der Waals surface area contributed by atoms with Gasteiger partial charge >= 0.3 is 5.97 Å². The summed E-state index contributed by atoms with van der Waals surface area (Å²) in [5, 5.41) is 9.26. The molecule has 0 aromatic heterocycles. The van der Waals surface area contributed by atoms with Gasteiger partial charge in [-0.15, -0.1) is 0 Å². The maximum absolute atomic E-state index is 12.1. The third-order valence-electron chi connectivity index (χ3n) is 4.43. The highest BCUT2D eigenvalue weighted by atomic mass is 16.5. The van der Waals surface area contributed by atoms with Crippen LogP contribution in [0.5, 0.6) is 0 Å². The van der Waals surface area contributed by atoms with Crippen LogP contribution in [0.4, 0.5) is 0 Å². The van der Waals surface area contributed by atoms with E-state index in [2.05, 4.69) is 0 Å². The van der Waals surface area contributed by atoms with Crippen LogP contribution in [0, 0.1) is 17.8 Å². The van der Waals surface area contributed by atoms with E-state index in [0.29, 0.717) is 31.8 Å². The maximum atomic E-state index is 12.1. The number of carboxylic acid groups (broad SMARTS) is 1. The molecule has 5 nitrogen and oxygen atoms in total. The number of likely N-dealkylation sites (tertiary alicyclic amines) is 1. The molecule has 1 saturated heterocycles. The van der Waals surface area contributed by atoms with Gasteiger partial charge < -0.3 is 14.7 Å². The van der Waals surface area contributed by atoms with Crippen molar-refractivity contribution in [1.29, 1.82) is 0 Å². The van der Waals surface area contributed by atoms with Crippen LogP contribution in [0.1, 0.15) is 32.6 Å². The van der Waals surface area contributed by atoms with Crippen molar-refractivity contribution in [3.05, 3.63) is 0 Å². The van der Waals surface area contributed by atoms with Crippen molar-refractivity contribution in [3.63, 3.8) is 0 Å². The minimum Gasteiger partial charge on any atom is -0.481 e. The number of carbonyl (C=O) groups excluding carboxylic acids is 1. The van der Waals surface area contributed by atoms with Crippen molar-refractivity contribution >= 4 is 11.9 Å². The number of ether oxygens (including phenoxy) is 1. The van der Waals surface area contributed by atoms with Crippen LogP contribution in [0.2, 0.25) is 0 Å². The average molecular weight is 269 g/mol. The molecule has 0 aromatic rings. The molecule has 0 radical (unpaired) electrons. The van der Waals surface area contributed by atoms with Gasteiger partial charge in [0.2, 0.25) is 5.91 Å². The largest absolute Gasteiger partial charge is 0.481 e. The molecule has 2 fully saturated rings. The molecular weight excluding hydrogens is 246 g/mol. The lowest BCUT2D eigenvalue weighted by Gasteiger charge is -2.17. The Balaban J connectivity index is 1.87. The van der Waals surface area contributed by atoms with Crippen LogP contribution in [-0.2, 0) is 14.3 Å². The van der Waals surface area contributed by atoms with Crippen LogP contribution in [0.3, 0.4) is 0 Å². The molecule has 108 valence electrons. The normalized spacial score (nSPS) is 28.4. The predicted octanol–water partition coefficient (Wildman–Crippen LogP) is 1.37. The monoisotopic (exact) mass is 269 g/mol. The van der Waals surface area contributed by atoms with Gasteiger partial charge in [0.1, 0.15) is 0 Å². The summed E-state index contributed by atoms with van der Waals surface area (Å²) in [6.45, 7) is 2.95. The number of carboxylic acids is 1. The van der Waals surface area contributed by atoms with E-state index in [9.17, 15) is 14.7 Å². The SMILES string of the molecule is COC(C)CCC(=O)N1C[C@H](C(=O)O)[C@@H](C2CC2)C1. The minimum absolute atomic E-state index is 0.0679. The molecule has 2 aliphatic rings. The van der Waals surface area contributed by atoms with E-state index in [1.165, 1.54) is 0 Å². The summed E-state index contributed by atoms with van der Waals surface area (Å²) in [5.41, 5.74) is 0. The number of rotatable bonds is 6.